The third-order valence-electron chi connectivity index (χ3n) is 13.3. The van der Waals surface area contributed by atoms with E-state index in [4.69, 9.17) is 5.10 Å². The second kappa shape index (κ2) is 8.23. The first kappa shape index (κ1) is 27.1. The highest BCUT2D eigenvalue weighted by Crippen LogP contribution is 2.74. The summed E-state index contributed by atoms with van der Waals surface area (Å²) in [5.41, 5.74) is -1.91. The smallest absolute Gasteiger partial charge is 0.181 e. The van der Waals surface area contributed by atoms with Crippen LogP contribution in [-0.2, 0) is 22.1 Å². The van der Waals surface area contributed by atoms with Gasteiger partial charge in [0.25, 0.3) is 0 Å². The van der Waals surface area contributed by atoms with Crippen molar-refractivity contribution >= 4 is 11.6 Å². The number of rotatable bonds is 1. The van der Waals surface area contributed by atoms with Crippen LogP contribution in [0.1, 0.15) is 106 Å². The van der Waals surface area contributed by atoms with Gasteiger partial charge in [-0.15, -0.1) is 10.2 Å². The number of fused-ring (bicyclic) bond motifs is 7. The summed E-state index contributed by atoms with van der Waals surface area (Å²) >= 11 is 0. The summed E-state index contributed by atoms with van der Waals surface area (Å²) < 4.78 is 0. The van der Waals surface area contributed by atoms with Crippen molar-refractivity contribution < 1.29 is 9.59 Å². The van der Waals surface area contributed by atoms with Crippen LogP contribution < -0.4 is 0 Å². The highest BCUT2D eigenvalue weighted by molar-refractivity contribution is 5.89. The Labute approximate surface area is 233 Å². The van der Waals surface area contributed by atoms with E-state index < -0.39 is 10.8 Å². The predicted octanol–water partition coefficient (Wildman–Crippen LogP) is 5.70. The van der Waals surface area contributed by atoms with Gasteiger partial charge in [-0.25, -0.2) is 0 Å². The number of nitriles is 1. The van der Waals surface area contributed by atoms with E-state index in [1.807, 2.05) is 7.05 Å². The van der Waals surface area contributed by atoms with Crippen LogP contribution in [0.5, 0.6) is 0 Å². The molecule has 0 aliphatic heterocycles. The number of aromatic nitrogens is 4. The number of hydrogen-bond acceptors (Lipinski definition) is 6. The van der Waals surface area contributed by atoms with Crippen molar-refractivity contribution in [1.29, 1.82) is 5.26 Å². The monoisotopic (exact) mass is 533 g/mol. The summed E-state index contributed by atoms with van der Waals surface area (Å²) in [4.78, 5) is 29.9. The van der Waals surface area contributed by atoms with Gasteiger partial charge in [-0.3, -0.25) is 9.59 Å². The van der Waals surface area contributed by atoms with Gasteiger partial charge in [-0.2, -0.15) is 10.1 Å². The van der Waals surface area contributed by atoms with Gasteiger partial charge >= 0.3 is 0 Å². The van der Waals surface area contributed by atoms with Crippen LogP contribution in [0.15, 0.2) is 0 Å². The van der Waals surface area contributed by atoms with Crippen LogP contribution in [0.2, 0.25) is 0 Å². The van der Waals surface area contributed by atoms with Gasteiger partial charge < -0.3 is 0 Å². The highest BCUT2D eigenvalue weighted by Gasteiger charge is 2.74. The quantitative estimate of drug-likeness (QED) is 0.459. The average molecular weight is 534 g/mol. The summed E-state index contributed by atoms with van der Waals surface area (Å²) in [7, 11) is 1.82. The van der Waals surface area contributed by atoms with Crippen molar-refractivity contribution in [2.45, 2.75) is 105 Å². The minimum Gasteiger partial charge on any atom is -0.299 e. The summed E-state index contributed by atoms with van der Waals surface area (Å²) in [5.74, 6) is 1.87. The minimum atomic E-state index is -0.729. The lowest BCUT2D eigenvalue weighted by molar-refractivity contribution is -0.222. The first-order chi connectivity index (χ1) is 18.1. The van der Waals surface area contributed by atoms with Gasteiger partial charge in [0.1, 0.15) is 11.6 Å². The van der Waals surface area contributed by atoms with E-state index in [1.165, 1.54) is 0 Å². The zero-order chi connectivity index (χ0) is 28.3. The Hall–Kier alpha value is -2.10. The summed E-state index contributed by atoms with van der Waals surface area (Å²) in [6.07, 6.45) is 7.45. The van der Waals surface area contributed by atoms with Crippen molar-refractivity contribution in [3.8, 4) is 6.07 Å². The molecule has 39 heavy (non-hydrogen) atoms. The molecular formula is C32H47N5O2. The minimum absolute atomic E-state index is 0.00366. The fraction of sp³-hybridized carbons (Fsp3) is 0.875. The Morgan fingerprint density at radius 3 is 2.33 bits per heavy atom. The largest absolute Gasteiger partial charge is 0.299 e. The molecule has 5 aliphatic rings. The third-order valence-corrected chi connectivity index (χ3v) is 13.3. The number of tetrazole rings is 1. The van der Waals surface area contributed by atoms with Crippen LogP contribution in [0.3, 0.4) is 0 Å². The topological polar surface area (TPSA) is 102 Å². The maximum Gasteiger partial charge on any atom is 0.181 e. The Morgan fingerprint density at radius 1 is 0.974 bits per heavy atom. The summed E-state index contributed by atoms with van der Waals surface area (Å²) in [6, 6.07) is 2.90. The second-order valence-corrected chi connectivity index (χ2v) is 16.0. The van der Waals surface area contributed by atoms with Crippen LogP contribution in [-0.4, -0.2) is 31.8 Å². The standard InChI is InChI=1S/C32H47N5O2/c1-18-26(39)30(6,7)24-25(29(18,4)5)32(17-33)16-22(38)23-19(21(32)15-28(24,2)3)12-14-31(13-10-9-11-20(23)31)27-34-36-37(8)35-27/h18-21,23-25H,9-16H2,1-8H3. The molecule has 1 aromatic rings. The van der Waals surface area contributed by atoms with Crippen molar-refractivity contribution in [3.05, 3.63) is 5.82 Å². The molecule has 0 bridgehead atoms. The third kappa shape index (κ3) is 3.29. The Bertz CT molecular complexity index is 1260. The number of ketones is 2. The van der Waals surface area contributed by atoms with Crippen LogP contribution >= 0.6 is 0 Å². The van der Waals surface area contributed by atoms with Crippen molar-refractivity contribution in [1.82, 2.24) is 20.2 Å². The number of carbonyl (C=O) groups is 2. The number of aryl methyl sites for hydroxylation is 1. The first-order valence-electron chi connectivity index (χ1n) is 15.4. The zero-order valence-electron chi connectivity index (χ0n) is 25.3. The predicted molar refractivity (Wildman–Crippen MR) is 147 cm³/mol. The van der Waals surface area contributed by atoms with Gasteiger partial charge in [-0.1, -0.05) is 61.3 Å². The van der Waals surface area contributed by atoms with Crippen molar-refractivity contribution in [2.24, 2.45) is 70.1 Å². The molecule has 0 aromatic carbocycles. The molecule has 5 saturated carbocycles. The molecule has 9 atom stereocenters. The second-order valence-electron chi connectivity index (χ2n) is 16.0. The molecule has 0 spiro atoms. The highest BCUT2D eigenvalue weighted by atomic mass is 16.1. The van der Waals surface area contributed by atoms with E-state index in [1.54, 1.807) is 4.80 Å². The van der Waals surface area contributed by atoms with E-state index >= 15 is 0 Å². The Balaban J connectivity index is 1.49. The fourth-order valence-electron chi connectivity index (χ4n) is 11.8. The van der Waals surface area contributed by atoms with Gasteiger partial charge in [0.05, 0.1) is 18.5 Å². The molecule has 6 rings (SSSR count). The maximum absolute atomic E-state index is 14.6. The molecule has 0 radical (unpaired) electrons. The Kier molecular flexibility index (Phi) is 5.71. The lowest BCUT2D eigenvalue weighted by atomic mass is 9.31. The van der Waals surface area contributed by atoms with Gasteiger partial charge in [0.15, 0.2) is 5.82 Å². The van der Waals surface area contributed by atoms with Crippen molar-refractivity contribution in [2.75, 3.05) is 0 Å². The molecule has 5 aliphatic carbocycles. The molecule has 212 valence electrons. The van der Waals surface area contributed by atoms with E-state index in [0.29, 0.717) is 12.2 Å². The normalized spacial score (nSPS) is 45.8. The molecule has 7 heteroatoms. The lowest BCUT2D eigenvalue weighted by Gasteiger charge is -2.70. The maximum atomic E-state index is 14.6. The van der Waals surface area contributed by atoms with Gasteiger partial charge in [0.2, 0.25) is 0 Å². The molecule has 0 N–H and O–H groups in total. The van der Waals surface area contributed by atoms with E-state index in [-0.39, 0.29) is 63.5 Å². The summed E-state index contributed by atoms with van der Waals surface area (Å²) in [5, 5.41) is 24.6. The van der Waals surface area contributed by atoms with Crippen LogP contribution in [0.4, 0.5) is 0 Å². The zero-order valence-corrected chi connectivity index (χ0v) is 25.3. The number of Topliss-reactive ketones (excluding diaryl/α,β-unsaturated/α-hetero) is 2. The first-order valence-corrected chi connectivity index (χ1v) is 15.4. The number of nitrogens with zero attached hydrogens (tertiary/aromatic N) is 5. The van der Waals surface area contributed by atoms with Gasteiger partial charge in [0, 0.05) is 29.1 Å². The molecule has 1 heterocycles. The van der Waals surface area contributed by atoms with E-state index in [0.717, 1.165) is 50.8 Å². The van der Waals surface area contributed by atoms with Gasteiger partial charge in [-0.05, 0) is 77.7 Å². The molecule has 1 aromatic heterocycles. The van der Waals surface area contributed by atoms with Crippen LogP contribution in [0.25, 0.3) is 0 Å². The van der Waals surface area contributed by atoms with Crippen LogP contribution in [0, 0.1) is 74.4 Å². The Morgan fingerprint density at radius 2 is 1.69 bits per heavy atom. The molecular weight excluding hydrogens is 486 g/mol. The number of carbonyl (C=O) groups excluding carboxylic acids is 2. The fourth-order valence-corrected chi connectivity index (χ4v) is 11.8. The SMILES string of the molecule is CC1C(=O)C(C)(C)C2C(C1(C)C)C1(C#N)CC(=O)C3C(CCC4(c5nnn(C)n5)CCCCC34)C1CC2(C)C. The van der Waals surface area contributed by atoms with E-state index in [2.05, 4.69) is 64.8 Å². The van der Waals surface area contributed by atoms with E-state index in [9.17, 15) is 14.9 Å². The summed E-state index contributed by atoms with van der Waals surface area (Å²) in [6.45, 7) is 15.4. The molecule has 0 amide bonds. The lowest BCUT2D eigenvalue weighted by Crippen LogP contribution is -2.70. The average Bonchev–Trinajstić information content (AvgIpc) is 3.32. The molecule has 0 saturated heterocycles. The number of hydrogen-bond donors (Lipinski definition) is 0. The van der Waals surface area contributed by atoms with Crippen molar-refractivity contribution in [3.63, 3.8) is 0 Å². The molecule has 5 fully saturated rings. The molecule has 7 nitrogen and oxygen atoms in total. The molecule has 9 unspecified atom stereocenters.